The first-order chi connectivity index (χ1) is 8.15. The molecule has 2 unspecified atom stereocenters. The largest absolute Gasteiger partial charge is 0.481 e. The van der Waals surface area contributed by atoms with Gasteiger partial charge in [0.2, 0.25) is 0 Å². The van der Waals surface area contributed by atoms with E-state index in [1.54, 1.807) is 0 Å². The second kappa shape index (κ2) is 7.14. The van der Waals surface area contributed by atoms with Crippen molar-refractivity contribution in [3.05, 3.63) is 0 Å². The summed E-state index contributed by atoms with van der Waals surface area (Å²) in [6.07, 6.45) is 4.55. The molecule has 0 radical (unpaired) electrons. The number of carbonyl (C=O) groups excluding carboxylic acids is 1. The maximum atomic E-state index is 11.4. The fourth-order valence-corrected chi connectivity index (χ4v) is 2.10. The van der Waals surface area contributed by atoms with Crippen molar-refractivity contribution in [1.82, 2.24) is 5.32 Å². The monoisotopic (exact) mass is 243 g/mol. The van der Waals surface area contributed by atoms with Crippen LogP contribution in [0.3, 0.4) is 0 Å². The Morgan fingerprint density at radius 2 is 2.06 bits per heavy atom. The molecule has 0 spiro atoms. The Morgan fingerprint density at radius 1 is 1.35 bits per heavy atom. The molecule has 5 nitrogen and oxygen atoms in total. The molecular formula is C12H21NO4. The first-order valence-electron chi connectivity index (χ1n) is 6.31. The van der Waals surface area contributed by atoms with Crippen molar-refractivity contribution < 1.29 is 19.4 Å². The molecule has 2 atom stereocenters. The lowest BCUT2D eigenvalue weighted by atomic mass is 9.85. The highest BCUT2D eigenvalue weighted by atomic mass is 16.5. The molecule has 2 N–H and O–H groups in total. The van der Waals surface area contributed by atoms with Crippen LogP contribution in [0, 0.1) is 5.92 Å². The van der Waals surface area contributed by atoms with Gasteiger partial charge in [-0.3, -0.25) is 4.79 Å². The first kappa shape index (κ1) is 13.8. The van der Waals surface area contributed by atoms with Gasteiger partial charge in [0.1, 0.15) is 0 Å². The van der Waals surface area contributed by atoms with Crippen LogP contribution in [0.4, 0.5) is 4.79 Å². The summed E-state index contributed by atoms with van der Waals surface area (Å²) in [5.41, 5.74) is 0. The highest BCUT2D eigenvalue weighted by Gasteiger charge is 2.32. The molecule has 0 saturated heterocycles. The Morgan fingerprint density at radius 3 is 2.71 bits per heavy atom. The number of carbonyl (C=O) groups is 2. The number of nitrogens with one attached hydrogen (secondary N) is 1. The summed E-state index contributed by atoms with van der Waals surface area (Å²) < 4.78 is 4.97. The molecule has 1 saturated carbocycles. The smallest absolute Gasteiger partial charge is 0.407 e. The number of carboxylic acids is 1. The molecule has 0 aromatic carbocycles. The number of ether oxygens (including phenoxy) is 1. The maximum Gasteiger partial charge on any atom is 0.407 e. The van der Waals surface area contributed by atoms with E-state index in [0.29, 0.717) is 13.0 Å². The van der Waals surface area contributed by atoms with Crippen LogP contribution in [0.5, 0.6) is 0 Å². The molecular weight excluding hydrogens is 222 g/mol. The van der Waals surface area contributed by atoms with Gasteiger partial charge in [-0.1, -0.05) is 26.2 Å². The van der Waals surface area contributed by atoms with Crippen LogP contribution in [-0.4, -0.2) is 29.8 Å². The molecule has 0 aromatic heterocycles. The average molecular weight is 243 g/mol. The van der Waals surface area contributed by atoms with Crippen molar-refractivity contribution in [2.75, 3.05) is 6.61 Å². The number of rotatable bonds is 5. The Hall–Kier alpha value is -1.26. The second-order valence-electron chi connectivity index (χ2n) is 4.47. The van der Waals surface area contributed by atoms with Gasteiger partial charge in [-0.15, -0.1) is 0 Å². The molecule has 1 aliphatic carbocycles. The normalized spacial score (nSPS) is 24.1. The van der Waals surface area contributed by atoms with E-state index in [1.807, 2.05) is 6.92 Å². The molecule has 17 heavy (non-hydrogen) atoms. The minimum absolute atomic E-state index is 0.282. The van der Waals surface area contributed by atoms with Crippen molar-refractivity contribution in [3.8, 4) is 0 Å². The van der Waals surface area contributed by atoms with Gasteiger partial charge in [0, 0.05) is 6.04 Å². The van der Waals surface area contributed by atoms with E-state index in [1.165, 1.54) is 0 Å². The molecule has 1 amide bonds. The Kier molecular flexibility index (Phi) is 5.80. The Bertz CT molecular complexity index is 267. The maximum absolute atomic E-state index is 11.4. The molecule has 1 rings (SSSR count). The van der Waals surface area contributed by atoms with E-state index in [0.717, 1.165) is 32.1 Å². The predicted octanol–water partition coefficient (Wildman–Crippen LogP) is 2.16. The van der Waals surface area contributed by atoms with Crippen LogP contribution in [-0.2, 0) is 9.53 Å². The minimum Gasteiger partial charge on any atom is -0.481 e. The third-order valence-corrected chi connectivity index (χ3v) is 3.12. The van der Waals surface area contributed by atoms with Gasteiger partial charge in [0.25, 0.3) is 0 Å². The molecule has 0 aromatic rings. The first-order valence-corrected chi connectivity index (χ1v) is 6.31. The summed E-state index contributed by atoms with van der Waals surface area (Å²) >= 11 is 0. The zero-order chi connectivity index (χ0) is 12.7. The molecule has 5 heteroatoms. The third kappa shape index (κ3) is 4.63. The third-order valence-electron chi connectivity index (χ3n) is 3.12. The zero-order valence-corrected chi connectivity index (χ0v) is 10.3. The van der Waals surface area contributed by atoms with Gasteiger partial charge in [-0.2, -0.15) is 0 Å². The highest BCUT2D eigenvalue weighted by molar-refractivity contribution is 5.73. The topological polar surface area (TPSA) is 75.6 Å². The van der Waals surface area contributed by atoms with E-state index in [9.17, 15) is 9.59 Å². The Balaban J connectivity index is 2.36. The summed E-state index contributed by atoms with van der Waals surface area (Å²) in [7, 11) is 0. The predicted molar refractivity (Wildman–Crippen MR) is 62.8 cm³/mol. The quantitative estimate of drug-likeness (QED) is 0.725. The Labute approximate surface area is 102 Å². The van der Waals surface area contributed by atoms with Crippen molar-refractivity contribution in [1.29, 1.82) is 0 Å². The lowest BCUT2D eigenvalue weighted by Crippen LogP contribution is -2.45. The van der Waals surface area contributed by atoms with E-state index in [2.05, 4.69) is 5.32 Å². The van der Waals surface area contributed by atoms with Gasteiger partial charge >= 0.3 is 12.1 Å². The van der Waals surface area contributed by atoms with E-state index in [4.69, 9.17) is 9.84 Å². The molecule has 1 fully saturated rings. The van der Waals surface area contributed by atoms with Gasteiger partial charge in [-0.05, 0) is 19.3 Å². The van der Waals surface area contributed by atoms with Crippen LogP contribution in [0.2, 0.25) is 0 Å². The van der Waals surface area contributed by atoms with Crippen molar-refractivity contribution in [3.63, 3.8) is 0 Å². The molecule has 0 heterocycles. The zero-order valence-electron chi connectivity index (χ0n) is 10.3. The minimum atomic E-state index is -0.830. The van der Waals surface area contributed by atoms with Gasteiger partial charge < -0.3 is 15.2 Å². The number of unbranched alkanes of at least 4 members (excludes halogenated alkanes) is 1. The van der Waals surface area contributed by atoms with Crippen LogP contribution in [0.15, 0.2) is 0 Å². The standard InChI is InChI=1S/C12H21NO4/c1-2-3-8-17-12(16)13-10-7-5-4-6-9(10)11(14)15/h9-10H,2-8H2,1H3,(H,13,16)(H,14,15). The number of amides is 1. The lowest BCUT2D eigenvalue weighted by Gasteiger charge is -2.28. The highest BCUT2D eigenvalue weighted by Crippen LogP contribution is 2.24. The summed E-state index contributed by atoms with van der Waals surface area (Å²) in [5.74, 6) is -1.30. The van der Waals surface area contributed by atoms with Crippen molar-refractivity contribution in [2.45, 2.75) is 51.5 Å². The van der Waals surface area contributed by atoms with E-state index < -0.39 is 18.0 Å². The van der Waals surface area contributed by atoms with Crippen LogP contribution >= 0.6 is 0 Å². The molecule has 98 valence electrons. The fourth-order valence-electron chi connectivity index (χ4n) is 2.10. The molecule has 1 aliphatic rings. The van der Waals surface area contributed by atoms with Gasteiger partial charge in [0.05, 0.1) is 12.5 Å². The van der Waals surface area contributed by atoms with Crippen LogP contribution in [0.1, 0.15) is 45.4 Å². The number of carboxylic acid groups (broad SMARTS) is 1. The SMILES string of the molecule is CCCCOC(=O)NC1CCCCC1C(=O)O. The summed E-state index contributed by atoms with van der Waals surface area (Å²) in [4.78, 5) is 22.4. The number of hydrogen-bond donors (Lipinski definition) is 2. The summed E-state index contributed by atoms with van der Waals surface area (Å²) in [6, 6.07) is -0.282. The summed E-state index contributed by atoms with van der Waals surface area (Å²) in [5, 5.41) is 11.7. The summed E-state index contributed by atoms with van der Waals surface area (Å²) in [6.45, 7) is 2.41. The van der Waals surface area contributed by atoms with E-state index >= 15 is 0 Å². The fraction of sp³-hybridized carbons (Fsp3) is 0.833. The number of alkyl carbamates (subject to hydrolysis) is 1. The average Bonchev–Trinajstić information content (AvgIpc) is 2.29. The van der Waals surface area contributed by atoms with Crippen LogP contribution in [0.25, 0.3) is 0 Å². The van der Waals surface area contributed by atoms with Gasteiger partial charge in [-0.25, -0.2) is 4.79 Å². The number of hydrogen-bond acceptors (Lipinski definition) is 3. The van der Waals surface area contributed by atoms with Crippen molar-refractivity contribution >= 4 is 12.1 Å². The molecule has 0 aliphatic heterocycles. The lowest BCUT2D eigenvalue weighted by molar-refractivity contribution is -0.143. The van der Waals surface area contributed by atoms with Crippen molar-refractivity contribution in [2.24, 2.45) is 5.92 Å². The van der Waals surface area contributed by atoms with Crippen LogP contribution < -0.4 is 5.32 Å². The second-order valence-corrected chi connectivity index (χ2v) is 4.47. The van der Waals surface area contributed by atoms with E-state index in [-0.39, 0.29) is 6.04 Å². The number of aliphatic carboxylic acids is 1. The molecule has 0 bridgehead atoms. The van der Waals surface area contributed by atoms with Gasteiger partial charge in [0.15, 0.2) is 0 Å².